The monoisotopic (exact) mass is 530 g/mol. The fourth-order valence-electron chi connectivity index (χ4n) is 7.44. The number of allylic oxidation sites excluding steroid dienone is 1. The van der Waals surface area contributed by atoms with Gasteiger partial charge in [0.25, 0.3) is 0 Å². The number of aryl methyl sites for hydroxylation is 1. The first-order chi connectivity index (χ1) is 20.7. The summed E-state index contributed by atoms with van der Waals surface area (Å²) >= 11 is 0. The van der Waals surface area contributed by atoms with E-state index in [1.54, 1.807) is 0 Å². The maximum absolute atomic E-state index is 2.41. The fourth-order valence-corrected chi connectivity index (χ4v) is 7.44. The van der Waals surface area contributed by atoms with Gasteiger partial charge in [0, 0.05) is 0 Å². The first-order valence-corrected chi connectivity index (χ1v) is 15.0. The minimum Gasteiger partial charge on any atom is -0.0836 e. The molecule has 42 heavy (non-hydrogen) atoms. The van der Waals surface area contributed by atoms with E-state index >= 15 is 0 Å². The maximum atomic E-state index is 2.41. The van der Waals surface area contributed by atoms with Crippen LogP contribution in [0, 0.1) is 0 Å². The van der Waals surface area contributed by atoms with E-state index in [-0.39, 0.29) is 0 Å². The van der Waals surface area contributed by atoms with Crippen LogP contribution in [0.3, 0.4) is 0 Å². The highest BCUT2D eigenvalue weighted by molar-refractivity contribution is 6.16. The summed E-state index contributed by atoms with van der Waals surface area (Å²) in [6.07, 6.45) is 6.88. The molecule has 0 atom stereocenters. The molecule has 0 aliphatic heterocycles. The molecule has 9 aromatic rings. The average molecular weight is 531 g/mol. The Balaban J connectivity index is 1.19. The summed E-state index contributed by atoms with van der Waals surface area (Å²) in [6, 6.07) is 46.4. The summed E-state index contributed by atoms with van der Waals surface area (Å²) in [7, 11) is 0. The van der Waals surface area contributed by atoms with Crippen molar-refractivity contribution in [1.82, 2.24) is 0 Å². The molecular weight excluding hydrogens is 504 g/mol. The van der Waals surface area contributed by atoms with Crippen LogP contribution >= 0.6 is 0 Å². The zero-order chi connectivity index (χ0) is 27.4. The highest BCUT2D eigenvalue weighted by atomic mass is 14.1. The smallest absolute Gasteiger partial charge is 0.00988 e. The van der Waals surface area contributed by atoms with Gasteiger partial charge in [-0.05, 0) is 189 Å². The van der Waals surface area contributed by atoms with Crippen molar-refractivity contribution in [2.24, 2.45) is 0 Å². The normalized spacial score (nSPS) is 13.4. The lowest BCUT2D eigenvalue weighted by molar-refractivity contribution is 0.989. The van der Waals surface area contributed by atoms with Crippen LogP contribution in [-0.4, -0.2) is 0 Å². The quantitative estimate of drug-likeness (QED) is 0.135. The molecule has 0 nitrogen and oxygen atoms in total. The second kappa shape index (κ2) is 8.18. The Hall–Kier alpha value is -5.20. The van der Waals surface area contributed by atoms with Gasteiger partial charge in [0.05, 0.1) is 0 Å². The van der Waals surface area contributed by atoms with Crippen molar-refractivity contribution in [2.75, 3.05) is 0 Å². The van der Waals surface area contributed by atoms with Gasteiger partial charge in [-0.1, -0.05) is 54.6 Å². The molecule has 1 aliphatic carbocycles. The van der Waals surface area contributed by atoms with Gasteiger partial charge in [-0.25, -0.2) is 0 Å². The van der Waals surface area contributed by atoms with Crippen molar-refractivity contribution in [1.29, 1.82) is 0 Å². The third kappa shape index (κ3) is 3.30. The Morgan fingerprint density at radius 2 is 0.738 bits per heavy atom. The summed E-state index contributed by atoms with van der Waals surface area (Å²) in [6.45, 7) is 0. The lowest BCUT2D eigenvalue weighted by Gasteiger charge is -2.14. The van der Waals surface area contributed by atoms with Crippen LogP contribution < -0.4 is 0 Å². The number of benzene rings is 9. The van der Waals surface area contributed by atoms with Gasteiger partial charge < -0.3 is 0 Å². The maximum Gasteiger partial charge on any atom is -0.00988 e. The molecule has 0 N–H and O–H groups in total. The topological polar surface area (TPSA) is 0 Å². The first kappa shape index (κ1) is 22.5. The number of fused-ring (bicyclic) bond motifs is 10. The summed E-state index contributed by atoms with van der Waals surface area (Å²) in [5.74, 6) is 0. The summed E-state index contributed by atoms with van der Waals surface area (Å²) in [5, 5.41) is 20.9. The molecule has 0 saturated carbocycles. The molecule has 0 heterocycles. The Labute approximate surface area is 243 Å². The van der Waals surface area contributed by atoms with Crippen molar-refractivity contribution in [3.63, 3.8) is 0 Å². The van der Waals surface area contributed by atoms with Crippen molar-refractivity contribution >= 4 is 92.3 Å². The summed E-state index contributed by atoms with van der Waals surface area (Å²) in [5.41, 5.74) is 2.84. The summed E-state index contributed by atoms with van der Waals surface area (Å²) < 4.78 is 0. The van der Waals surface area contributed by atoms with Crippen molar-refractivity contribution in [3.05, 3.63) is 139 Å². The van der Waals surface area contributed by atoms with E-state index in [1.807, 2.05) is 0 Å². The predicted octanol–water partition coefficient (Wildman–Crippen LogP) is 11.9. The molecule has 1 aliphatic rings. The number of hydrogen-bond donors (Lipinski definition) is 0. The van der Waals surface area contributed by atoms with Crippen LogP contribution in [0.25, 0.3) is 92.3 Å². The predicted molar refractivity (Wildman–Crippen MR) is 184 cm³/mol. The van der Waals surface area contributed by atoms with Gasteiger partial charge in [-0.15, -0.1) is 0 Å². The Kier molecular flexibility index (Phi) is 4.38. The standard InChI is InChI=1S/C42H26/c1-2-7-27-13-32-16-35-19-38-21-39-22-40-24-42-30(10-9-29-11-25-5-3-4-8-28(25)23-41(29)42)14-33(40)17-36(39)20-37(38)18-34(35)15-31(32)12-26(27)6-1/h1-2,4,6-24H,3,5H2. The van der Waals surface area contributed by atoms with E-state index in [9.17, 15) is 0 Å². The second-order valence-electron chi connectivity index (χ2n) is 12.2. The Morgan fingerprint density at radius 1 is 0.333 bits per heavy atom. The molecule has 0 spiro atoms. The van der Waals surface area contributed by atoms with Gasteiger partial charge in [0.15, 0.2) is 0 Å². The molecular formula is C42H26. The third-order valence-electron chi connectivity index (χ3n) is 9.62. The average Bonchev–Trinajstić information content (AvgIpc) is 3.01. The lowest BCUT2D eigenvalue weighted by atomic mass is 9.90. The van der Waals surface area contributed by atoms with E-state index in [0.29, 0.717) is 0 Å². The van der Waals surface area contributed by atoms with Crippen LogP contribution in [0.15, 0.2) is 127 Å². The highest BCUT2D eigenvalue weighted by Crippen LogP contribution is 2.36. The minimum atomic E-state index is 1.14. The van der Waals surface area contributed by atoms with Crippen molar-refractivity contribution in [2.45, 2.75) is 12.8 Å². The van der Waals surface area contributed by atoms with Gasteiger partial charge in [-0.3, -0.25) is 0 Å². The lowest BCUT2D eigenvalue weighted by Crippen LogP contribution is -1.94. The zero-order valence-electron chi connectivity index (χ0n) is 23.1. The van der Waals surface area contributed by atoms with Crippen LogP contribution in [0.1, 0.15) is 17.5 Å². The second-order valence-corrected chi connectivity index (χ2v) is 12.2. The zero-order valence-corrected chi connectivity index (χ0v) is 23.1. The summed E-state index contributed by atoms with van der Waals surface area (Å²) in [4.78, 5) is 0. The highest BCUT2D eigenvalue weighted by Gasteiger charge is 2.11. The van der Waals surface area contributed by atoms with Crippen LogP contribution in [0.5, 0.6) is 0 Å². The molecule has 0 amide bonds. The first-order valence-electron chi connectivity index (χ1n) is 15.0. The number of rotatable bonds is 0. The SMILES string of the molecule is C1=Cc2cc3c(ccc4cc5cc6cc7cc8cc9cc%10ccccc%10cc9cc8cc7cc6cc5cc43)cc2CC1. The fraction of sp³-hybridized carbons (Fsp3) is 0.0476. The van der Waals surface area contributed by atoms with Crippen molar-refractivity contribution < 1.29 is 0 Å². The van der Waals surface area contributed by atoms with Gasteiger partial charge in [0.1, 0.15) is 0 Å². The van der Waals surface area contributed by atoms with Gasteiger partial charge in [-0.2, -0.15) is 0 Å². The number of hydrogen-bond acceptors (Lipinski definition) is 0. The van der Waals surface area contributed by atoms with E-state index in [0.717, 1.165) is 12.8 Å². The molecule has 0 unspecified atom stereocenters. The van der Waals surface area contributed by atoms with E-state index in [1.165, 1.54) is 97.3 Å². The Morgan fingerprint density at radius 3 is 1.26 bits per heavy atom. The molecule has 0 fully saturated rings. The van der Waals surface area contributed by atoms with E-state index in [4.69, 9.17) is 0 Å². The van der Waals surface area contributed by atoms with E-state index in [2.05, 4.69) is 133 Å². The molecule has 0 aromatic heterocycles. The Bertz CT molecular complexity index is 2670. The molecule has 194 valence electrons. The minimum absolute atomic E-state index is 1.14. The third-order valence-corrected chi connectivity index (χ3v) is 9.62. The van der Waals surface area contributed by atoms with Crippen LogP contribution in [-0.2, 0) is 6.42 Å². The molecule has 0 bridgehead atoms. The largest absolute Gasteiger partial charge is 0.0836 e. The van der Waals surface area contributed by atoms with Gasteiger partial charge in [0.2, 0.25) is 0 Å². The molecule has 0 radical (unpaired) electrons. The molecule has 0 saturated heterocycles. The van der Waals surface area contributed by atoms with Crippen LogP contribution in [0.2, 0.25) is 0 Å². The molecule has 9 aromatic carbocycles. The van der Waals surface area contributed by atoms with Crippen molar-refractivity contribution in [3.8, 4) is 0 Å². The van der Waals surface area contributed by atoms with Gasteiger partial charge >= 0.3 is 0 Å². The molecule has 10 rings (SSSR count). The molecule has 0 heteroatoms. The van der Waals surface area contributed by atoms with E-state index < -0.39 is 0 Å². The van der Waals surface area contributed by atoms with Crippen LogP contribution in [0.4, 0.5) is 0 Å².